The van der Waals surface area contributed by atoms with Gasteiger partial charge in [0, 0.05) is 27.2 Å². The van der Waals surface area contributed by atoms with E-state index in [1.807, 2.05) is 41.0 Å². The molecule has 0 aliphatic heterocycles. The number of para-hydroxylation sites is 3. The molecule has 182 valence electrons. The molecule has 0 saturated carbocycles. The Morgan fingerprint density at radius 2 is 1.07 bits per heavy atom. The molecule has 0 saturated heterocycles. The van der Waals surface area contributed by atoms with E-state index in [1.54, 1.807) is 36.4 Å². The molecule has 7 rings (SSSR count). The highest BCUT2D eigenvalue weighted by Gasteiger charge is 2.23. The van der Waals surface area contributed by atoms with Crippen molar-refractivity contribution in [3.63, 3.8) is 0 Å². The molecule has 40 heavy (non-hydrogen) atoms. The topological polar surface area (TPSA) is 105 Å². The first-order valence-corrected chi connectivity index (χ1v) is 12.5. The number of benzene rings is 5. The largest absolute Gasteiger partial charge is 0.309 e. The standard InChI is InChI=1S/C34H16N6/c35-17-21-14-22(18-36)16-25(15-21)39-30-11-4-2-9-28(30)32-31(39)13-12-27-26-8-1-3-10-29(26)40(34(27)32)33-23(19-37)6-5-7-24(33)20-38/h1-16H. The molecule has 0 spiro atoms. The van der Waals surface area contributed by atoms with E-state index < -0.39 is 0 Å². The number of fused-ring (bicyclic) bond motifs is 7. The Balaban J connectivity index is 1.76. The van der Waals surface area contributed by atoms with Crippen molar-refractivity contribution in [2.75, 3.05) is 0 Å². The summed E-state index contributed by atoms with van der Waals surface area (Å²) in [6, 6.07) is 39.4. The fourth-order valence-corrected chi connectivity index (χ4v) is 5.85. The van der Waals surface area contributed by atoms with Crippen LogP contribution in [0.25, 0.3) is 55.0 Å². The molecule has 0 unspecified atom stereocenters. The molecule has 0 fully saturated rings. The minimum Gasteiger partial charge on any atom is -0.309 e. The van der Waals surface area contributed by atoms with E-state index in [0.29, 0.717) is 33.6 Å². The molecule has 5 aromatic carbocycles. The second-order valence-corrected chi connectivity index (χ2v) is 9.48. The van der Waals surface area contributed by atoms with E-state index in [0.717, 1.165) is 43.6 Å². The molecule has 6 nitrogen and oxygen atoms in total. The van der Waals surface area contributed by atoms with Crippen LogP contribution < -0.4 is 0 Å². The summed E-state index contributed by atoms with van der Waals surface area (Å²) >= 11 is 0. The van der Waals surface area contributed by atoms with Gasteiger partial charge in [0.2, 0.25) is 0 Å². The van der Waals surface area contributed by atoms with Crippen LogP contribution in [0.1, 0.15) is 22.3 Å². The zero-order valence-corrected chi connectivity index (χ0v) is 20.9. The van der Waals surface area contributed by atoms with Gasteiger partial charge in [0.1, 0.15) is 12.1 Å². The number of nitriles is 4. The Bertz CT molecular complexity index is 2310. The van der Waals surface area contributed by atoms with Crippen molar-refractivity contribution in [3.8, 4) is 35.7 Å². The molecular weight excluding hydrogens is 492 g/mol. The van der Waals surface area contributed by atoms with Gasteiger partial charge < -0.3 is 9.13 Å². The van der Waals surface area contributed by atoms with Crippen molar-refractivity contribution in [3.05, 3.63) is 119 Å². The summed E-state index contributed by atoms with van der Waals surface area (Å²) < 4.78 is 4.10. The summed E-state index contributed by atoms with van der Waals surface area (Å²) in [6.45, 7) is 0. The minimum absolute atomic E-state index is 0.400. The van der Waals surface area contributed by atoms with Crippen LogP contribution >= 0.6 is 0 Å². The first-order valence-electron chi connectivity index (χ1n) is 12.5. The Labute approximate surface area is 228 Å². The summed E-state index contributed by atoms with van der Waals surface area (Å²) in [7, 11) is 0. The van der Waals surface area contributed by atoms with Crippen molar-refractivity contribution in [1.82, 2.24) is 9.13 Å². The van der Waals surface area contributed by atoms with Crippen LogP contribution in [0.5, 0.6) is 0 Å². The van der Waals surface area contributed by atoms with Crippen molar-refractivity contribution in [2.24, 2.45) is 0 Å². The van der Waals surface area contributed by atoms with E-state index in [9.17, 15) is 21.0 Å². The number of hydrogen-bond acceptors (Lipinski definition) is 4. The molecule has 2 aromatic heterocycles. The van der Waals surface area contributed by atoms with Crippen LogP contribution in [0.15, 0.2) is 97.1 Å². The van der Waals surface area contributed by atoms with Gasteiger partial charge in [-0.2, -0.15) is 21.0 Å². The Kier molecular flexibility index (Phi) is 4.91. The third kappa shape index (κ3) is 3.06. The molecule has 0 aliphatic rings. The van der Waals surface area contributed by atoms with Gasteiger partial charge in [-0.3, -0.25) is 0 Å². The lowest BCUT2D eigenvalue weighted by Gasteiger charge is -2.13. The van der Waals surface area contributed by atoms with Crippen molar-refractivity contribution >= 4 is 43.6 Å². The molecule has 0 radical (unpaired) electrons. The third-order valence-corrected chi connectivity index (χ3v) is 7.40. The average molecular weight is 509 g/mol. The van der Waals surface area contributed by atoms with Gasteiger partial charge in [-0.05, 0) is 48.5 Å². The smallest absolute Gasteiger partial charge is 0.101 e. The zero-order chi connectivity index (χ0) is 27.4. The van der Waals surface area contributed by atoms with Crippen LogP contribution in [0, 0.1) is 45.3 Å². The van der Waals surface area contributed by atoms with Gasteiger partial charge in [-0.1, -0.05) is 48.5 Å². The van der Waals surface area contributed by atoms with Gasteiger partial charge in [0.05, 0.1) is 62.1 Å². The van der Waals surface area contributed by atoms with E-state index >= 15 is 0 Å². The molecule has 0 N–H and O–H groups in total. The van der Waals surface area contributed by atoms with Gasteiger partial charge in [-0.15, -0.1) is 0 Å². The first kappa shape index (κ1) is 22.8. The van der Waals surface area contributed by atoms with Gasteiger partial charge in [0.25, 0.3) is 0 Å². The van der Waals surface area contributed by atoms with Crippen molar-refractivity contribution < 1.29 is 0 Å². The molecule has 7 aromatic rings. The highest BCUT2D eigenvalue weighted by molar-refractivity contribution is 6.26. The lowest BCUT2D eigenvalue weighted by atomic mass is 10.1. The predicted octanol–water partition coefficient (Wildman–Crippen LogP) is 7.37. The van der Waals surface area contributed by atoms with E-state index in [-0.39, 0.29) is 0 Å². The second-order valence-electron chi connectivity index (χ2n) is 9.48. The van der Waals surface area contributed by atoms with Crippen LogP contribution in [0.2, 0.25) is 0 Å². The fraction of sp³-hybridized carbons (Fsp3) is 0. The normalized spacial score (nSPS) is 10.9. The molecule has 0 bridgehead atoms. The SMILES string of the molecule is N#Cc1cc(C#N)cc(-n2c3ccccc3c3c2ccc2c4ccccc4n(-c4c(C#N)cccc4C#N)c23)c1. The second kappa shape index (κ2) is 8.61. The molecular formula is C34H16N6. The maximum absolute atomic E-state index is 10.1. The average Bonchev–Trinajstić information content (AvgIpc) is 3.53. The molecule has 0 amide bonds. The minimum atomic E-state index is 0.400. The van der Waals surface area contributed by atoms with Crippen LogP contribution in [0.4, 0.5) is 0 Å². The molecule has 0 aliphatic carbocycles. The summed E-state index contributed by atoms with van der Waals surface area (Å²) in [6.07, 6.45) is 0. The maximum atomic E-state index is 10.1. The Morgan fingerprint density at radius 3 is 1.70 bits per heavy atom. The summed E-state index contributed by atoms with van der Waals surface area (Å²) in [5.74, 6) is 0. The number of aromatic nitrogens is 2. The van der Waals surface area contributed by atoms with Crippen LogP contribution in [-0.4, -0.2) is 9.13 Å². The monoisotopic (exact) mass is 508 g/mol. The number of rotatable bonds is 2. The van der Waals surface area contributed by atoms with E-state index in [1.165, 1.54) is 0 Å². The van der Waals surface area contributed by atoms with E-state index in [2.05, 4.69) is 53.1 Å². The molecule has 0 atom stereocenters. The lowest BCUT2D eigenvalue weighted by Crippen LogP contribution is -2.01. The van der Waals surface area contributed by atoms with Crippen LogP contribution in [0.3, 0.4) is 0 Å². The number of nitrogens with zero attached hydrogens (tertiary/aromatic N) is 6. The predicted molar refractivity (Wildman–Crippen MR) is 154 cm³/mol. The van der Waals surface area contributed by atoms with Crippen molar-refractivity contribution in [2.45, 2.75) is 0 Å². The summed E-state index contributed by atoms with van der Waals surface area (Å²) in [5, 5.41) is 43.4. The fourth-order valence-electron chi connectivity index (χ4n) is 5.85. The quantitative estimate of drug-likeness (QED) is 0.243. The first-order chi connectivity index (χ1) is 19.7. The number of hydrogen-bond donors (Lipinski definition) is 0. The summed E-state index contributed by atoms with van der Waals surface area (Å²) in [5.41, 5.74) is 6.42. The Hall–Kier alpha value is -6.34. The molecule has 2 heterocycles. The zero-order valence-electron chi connectivity index (χ0n) is 20.9. The van der Waals surface area contributed by atoms with Gasteiger partial charge >= 0.3 is 0 Å². The van der Waals surface area contributed by atoms with Crippen LogP contribution in [-0.2, 0) is 0 Å². The Morgan fingerprint density at radius 1 is 0.475 bits per heavy atom. The molecule has 6 heteroatoms. The summed E-state index contributed by atoms with van der Waals surface area (Å²) in [4.78, 5) is 0. The lowest BCUT2D eigenvalue weighted by molar-refractivity contribution is 1.16. The highest BCUT2D eigenvalue weighted by Crippen LogP contribution is 2.42. The van der Waals surface area contributed by atoms with Gasteiger partial charge in [0.15, 0.2) is 0 Å². The van der Waals surface area contributed by atoms with Gasteiger partial charge in [-0.25, -0.2) is 0 Å². The maximum Gasteiger partial charge on any atom is 0.101 e. The highest BCUT2D eigenvalue weighted by atomic mass is 15.0. The van der Waals surface area contributed by atoms with E-state index in [4.69, 9.17) is 0 Å². The van der Waals surface area contributed by atoms with Crippen molar-refractivity contribution in [1.29, 1.82) is 21.0 Å². The third-order valence-electron chi connectivity index (χ3n) is 7.40.